The number of para-hydroxylation sites is 1. The van der Waals surface area contributed by atoms with Crippen molar-refractivity contribution in [3.05, 3.63) is 30.0 Å². The monoisotopic (exact) mass is 380 g/mol. The number of carbonyl (C=O) groups is 1. The second-order valence-electron chi connectivity index (χ2n) is 5.22. The van der Waals surface area contributed by atoms with E-state index in [0.717, 1.165) is 0 Å². The van der Waals surface area contributed by atoms with Crippen LogP contribution in [0.4, 0.5) is 10.7 Å². The molecule has 3 rings (SSSR count). The van der Waals surface area contributed by atoms with Gasteiger partial charge in [0.05, 0.1) is 7.11 Å². The molecule has 1 aromatic carbocycles. The van der Waals surface area contributed by atoms with Crippen LogP contribution < -0.4 is 24.2 Å². The molecule has 0 bridgehead atoms. The van der Waals surface area contributed by atoms with Crippen LogP contribution in [0.25, 0.3) is 0 Å². The molecule has 0 aliphatic carbocycles. The van der Waals surface area contributed by atoms with Crippen molar-refractivity contribution in [3.63, 3.8) is 0 Å². The minimum absolute atomic E-state index is 0.0625. The van der Waals surface area contributed by atoms with Gasteiger partial charge in [-0.3, -0.25) is 5.32 Å². The highest BCUT2D eigenvalue weighted by molar-refractivity contribution is 7.90. The Hall–Kier alpha value is -3.08. The summed E-state index contributed by atoms with van der Waals surface area (Å²) < 4.78 is 42.6. The first-order valence-electron chi connectivity index (χ1n) is 7.51. The SMILES string of the molecule is COc1cc(C)nc(NC(=O)NS(=O)(=O)c2cccc3c2OCCO3)n1. The Morgan fingerprint density at radius 1 is 1.23 bits per heavy atom. The topological polar surface area (TPSA) is 129 Å². The maximum Gasteiger partial charge on any atom is 0.335 e. The van der Waals surface area contributed by atoms with Crippen LogP contribution in [0, 0.1) is 6.92 Å². The summed E-state index contributed by atoms with van der Waals surface area (Å²) in [7, 11) is -2.79. The van der Waals surface area contributed by atoms with Crippen molar-refractivity contribution in [2.45, 2.75) is 11.8 Å². The van der Waals surface area contributed by atoms with Gasteiger partial charge in [-0.2, -0.15) is 4.98 Å². The first kappa shape index (κ1) is 17.7. The highest BCUT2D eigenvalue weighted by atomic mass is 32.2. The number of nitrogens with one attached hydrogen (secondary N) is 2. The molecule has 0 saturated carbocycles. The molecule has 1 aromatic heterocycles. The summed E-state index contributed by atoms with van der Waals surface area (Å²) in [5, 5.41) is 2.26. The van der Waals surface area contributed by atoms with Gasteiger partial charge in [0.15, 0.2) is 11.5 Å². The minimum atomic E-state index is -4.20. The number of carbonyl (C=O) groups excluding carboxylic acids is 1. The van der Waals surface area contributed by atoms with Gasteiger partial charge in [0.25, 0.3) is 10.0 Å². The fraction of sp³-hybridized carbons (Fsp3) is 0.267. The largest absolute Gasteiger partial charge is 0.486 e. The van der Waals surface area contributed by atoms with Crippen LogP contribution in [-0.2, 0) is 10.0 Å². The van der Waals surface area contributed by atoms with E-state index in [1.807, 2.05) is 4.72 Å². The highest BCUT2D eigenvalue weighted by Crippen LogP contribution is 2.36. The zero-order valence-corrected chi connectivity index (χ0v) is 14.8. The van der Waals surface area contributed by atoms with Gasteiger partial charge < -0.3 is 14.2 Å². The van der Waals surface area contributed by atoms with Crippen molar-refractivity contribution in [1.29, 1.82) is 0 Å². The van der Waals surface area contributed by atoms with E-state index in [4.69, 9.17) is 14.2 Å². The lowest BCUT2D eigenvalue weighted by atomic mass is 10.3. The summed E-state index contributed by atoms with van der Waals surface area (Å²) in [6.45, 7) is 2.21. The first-order valence-corrected chi connectivity index (χ1v) is 8.99. The molecule has 0 unspecified atom stereocenters. The smallest absolute Gasteiger partial charge is 0.335 e. The zero-order chi connectivity index (χ0) is 18.7. The van der Waals surface area contributed by atoms with Crippen LogP contribution in [0.3, 0.4) is 0 Å². The molecule has 2 N–H and O–H groups in total. The van der Waals surface area contributed by atoms with Crippen molar-refractivity contribution in [3.8, 4) is 17.4 Å². The molecular weight excluding hydrogens is 364 g/mol. The quantitative estimate of drug-likeness (QED) is 0.806. The van der Waals surface area contributed by atoms with Gasteiger partial charge in [0, 0.05) is 11.8 Å². The maximum absolute atomic E-state index is 12.5. The Labute approximate surface area is 149 Å². The van der Waals surface area contributed by atoms with Crippen LogP contribution in [-0.4, -0.2) is 44.7 Å². The number of hydrogen-bond donors (Lipinski definition) is 2. The van der Waals surface area contributed by atoms with Gasteiger partial charge in [-0.15, -0.1) is 0 Å². The second-order valence-corrected chi connectivity index (χ2v) is 6.87. The van der Waals surface area contributed by atoms with E-state index in [0.29, 0.717) is 18.1 Å². The van der Waals surface area contributed by atoms with Crippen molar-refractivity contribution in [1.82, 2.24) is 14.7 Å². The Morgan fingerprint density at radius 3 is 2.77 bits per heavy atom. The lowest BCUT2D eigenvalue weighted by Crippen LogP contribution is -2.35. The Kier molecular flexibility index (Phi) is 4.80. The molecule has 11 heteroatoms. The molecule has 26 heavy (non-hydrogen) atoms. The van der Waals surface area contributed by atoms with Crippen LogP contribution in [0.1, 0.15) is 5.69 Å². The Balaban J connectivity index is 1.80. The zero-order valence-electron chi connectivity index (χ0n) is 14.0. The van der Waals surface area contributed by atoms with E-state index in [1.54, 1.807) is 19.1 Å². The van der Waals surface area contributed by atoms with Crippen molar-refractivity contribution in [2.75, 3.05) is 25.6 Å². The fourth-order valence-corrected chi connectivity index (χ4v) is 3.33. The lowest BCUT2D eigenvalue weighted by Gasteiger charge is -2.20. The standard InChI is InChI=1S/C15H16N4O6S/c1-9-8-12(23-2)17-14(16-9)18-15(20)19-26(21,22)11-5-3-4-10-13(11)25-7-6-24-10/h3-5,8H,6-7H2,1-2H3,(H2,16,17,18,19,20). The Morgan fingerprint density at radius 2 is 2.00 bits per heavy atom. The summed E-state index contributed by atoms with van der Waals surface area (Å²) in [5.74, 6) is 0.501. The van der Waals surface area contributed by atoms with Crippen LogP contribution in [0.5, 0.6) is 17.4 Å². The number of nitrogens with zero attached hydrogens (tertiary/aromatic N) is 2. The average molecular weight is 380 g/mol. The summed E-state index contributed by atoms with van der Waals surface area (Å²) in [4.78, 5) is 19.8. The van der Waals surface area contributed by atoms with Crippen LogP contribution in [0.15, 0.2) is 29.2 Å². The van der Waals surface area contributed by atoms with Crippen molar-refractivity contribution in [2.24, 2.45) is 0 Å². The maximum atomic E-state index is 12.5. The van der Waals surface area contributed by atoms with Crippen molar-refractivity contribution >= 4 is 22.0 Å². The molecule has 0 spiro atoms. The third kappa shape index (κ3) is 3.77. The number of amides is 2. The number of rotatable bonds is 4. The van der Waals surface area contributed by atoms with Gasteiger partial charge in [-0.25, -0.2) is 22.9 Å². The van der Waals surface area contributed by atoms with E-state index in [2.05, 4.69) is 15.3 Å². The number of aryl methyl sites for hydroxylation is 1. The van der Waals surface area contributed by atoms with E-state index in [1.165, 1.54) is 19.2 Å². The van der Waals surface area contributed by atoms with E-state index in [9.17, 15) is 13.2 Å². The van der Waals surface area contributed by atoms with E-state index < -0.39 is 16.1 Å². The van der Waals surface area contributed by atoms with Gasteiger partial charge >= 0.3 is 6.03 Å². The van der Waals surface area contributed by atoms with Crippen molar-refractivity contribution < 1.29 is 27.4 Å². The molecule has 138 valence electrons. The number of ether oxygens (including phenoxy) is 3. The number of aromatic nitrogens is 2. The highest BCUT2D eigenvalue weighted by Gasteiger charge is 2.27. The van der Waals surface area contributed by atoms with Crippen LogP contribution in [0.2, 0.25) is 0 Å². The molecule has 2 amide bonds. The summed E-state index contributed by atoms with van der Waals surface area (Å²) in [6.07, 6.45) is 0. The number of sulfonamides is 1. The first-order chi connectivity index (χ1) is 12.4. The number of fused-ring (bicyclic) bond motifs is 1. The summed E-state index contributed by atoms with van der Waals surface area (Å²) >= 11 is 0. The molecule has 2 aromatic rings. The predicted molar refractivity (Wildman–Crippen MR) is 90.1 cm³/mol. The van der Waals surface area contributed by atoms with Gasteiger partial charge in [-0.05, 0) is 19.1 Å². The molecular formula is C15H16N4O6S. The number of urea groups is 1. The van der Waals surface area contributed by atoms with Gasteiger partial charge in [0.1, 0.15) is 18.1 Å². The summed E-state index contributed by atoms with van der Waals surface area (Å²) in [5.41, 5.74) is 0.540. The second kappa shape index (κ2) is 7.04. The Bertz CT molecular complexity index is 947. The molecule has 1 aliphatic rings. The fourth-order valence-electron chi connectivity index (χ4n) is 2.26. The van der Waals surface area contributed by atoms with E-state index in [-0.39, 0.29) is 29.1 Å². The average Bonchev–Trinajstić information content (AvgIpc) is 2.60. The minimum Gasteiger partial charge on any atom is -0.486 e. The normalized spacial score (nSPS) is 13.0. The van der Waals surface area contributed by atoms with Crippen LogP contribution >= 0.6 is 0 Å². The third-order valence-corrected chi connectivity index (χ3v) is 4.67. The molecule has 1 aliphatic heterocycles. The van der Waals surface area contributed by atoms with Gasteiger partial charge in [0.2, 0.25) is 11.8 Å². The third-order valence-electron chi connectivity index (χ3n) is 3.31. The number of anilines is 1. The molecule has 10 nitrogen and oxygen atoms in total. The number of hydrogen-bond acceptors (Lipinski definition) is 8. The lowest BCUT2D eigenvalue weighted by molar-refractivity contribution is 0.167. The summed E-state index contributed by atoms with van der Waals surface area (Å²) in [6, 6.07) is 4.93. The predicted octanol–water partition coefficient (Wildman–Crippen LogP) is 1.08. The van der Waals surface area contributed by atoms with Gasteiger partial charge in [-0.1, -0.05) is 6.07 Å². The molecule has 0 atom stereocenters. The number of methoxy groups -OCH3 is 1. The van der Waals surface area contributed by atoms with E-state index >= 15 is 0 Å². The molecule has 0 fully saturated rings. The molecule has 2 heterocycles. The molecule has 0 saturated heterocycles. The molecule has 0 radical (unpaired) electrons. The number of benzene rings is 1.